The van der Waals surface area contributed by atoms with E-state index in [4.69, 9.17) is 9.84 Å². The summed E-state index contributed by atoms with van der Waals surface area (Å²) >= 11 is 0. The Balaban J connectivity index is 2.49. The molecule has 0 aliphatic rings. The number of nitrogens with one attached hydrogen (secondary N) is 1. The number of hydrogen-bond acceptors (Lipinski definition) is 3. The molecule has 1 unspecified atom stereocenters. The molecule has 0 saturated carbocycles. The van der Waals surface area contributed by atoms with Crippen LogP contribution in [0.5, 0.6) is 5.75 Å². The lowest BCUT2D eigenvalue weighted by Gasteiger charge is -2.12. The van der Waals surface area contributed by atoms with Gasteiger partial charge >= 0.3 is 5.97 Å². The molecule has 0 heterocycles. The molecule has 1 aromatic rings. The lowest BCUT2D eigenvalue weighted by atomic mass is 10.2. The number of carbonyl (C=O) groups is 1. The van der Waals surface area contributed by atoms with E-state index in [1.807, 2.05) is 31.2 Å². The first-order chi connectivity index (χ1) is 7.13. The smallest absolute Gasteiger partial charge is 0.324 e. The van der Waals surface area contributed by atoms with Gasteiger partial charge in [-0.25, -0.2) is 0 Å². The Morgan fingerprint density at radius 3 is 2.53 bits per heavy atom. The van der Waals surface area contributed by atoms with Crippen molar-refractivity contribution in [2.45, 2.75) is 13.0 Å². The Kier molecular flexibility index (Phi) is 4.12. The van der Waals surface area contributed by atoms with E-state index in [0.717, 1.165) is 5.56 Å². The second-order valence-electron chi connectivity index (χ2n) is 3.30. The maximum absolute atomic E-state index is 10.7. The highest BCUT2D eigenvalue weighted by molar-refractivity contribution is 5.73. The highest BCUT2D eigenvalue weighted by atomic mass is 16.5. The highest BCUT2D eigenvalue weighted by Gasteiger charge is 2.15. The molecule has 0 aliphatic heterocycles. The van der Waals surface area contributed by atoms with Crippen LogP contribution in [0, 0.1) is 6.92 Å². The molecule has 0 radical (unpaired) electrons. The molecule has 0 fully saturated rings. The van der Waals surface area contributed by atoms with Crippen LogP contribution in [0.2, 0.25) is 0 Å². The van der Waals surface area contributed by atoms with Gasteiger partial charge in [-0.2, -0.15) is 0 Å². The van der Waals surface area contributed by atoms with Crippen LogP contribution in [-0.4, -0.2) is 30.8 Å². The number of carboxylic acid groups (broad SMARTS) is 1. The van der Waals surface area contributed by atoms with Gasteiger partial charge in [0, 0.05) is 0 Å². The fourth-order valence-corrected chi connectivity index (χ4v) is 1.09. The fourth-order valence-electron chi connectivity index (χ4n) is 1.09. The van der Waals surface area contributed by atoms with Gasteiger partial charge < -0.3 is 15.2 Å². The first kappa shape index (κ1) is 11.5. The molecule has 4 nitrogen and oxygen atoms in total. The van der Waals surface area contributed by atoms with Crippen molar-refractivity contribution in [2.75, 3.05) is 13.7 Å². The molecular formula is C11H15NO3. The van der Waals surface area contributed by atoms with Gasteiger partial charge in [0.1, 0.15) is 18.4 Å². The quantitative estimate of drug-likeness (QED) is 0.761. The van der Waals surface area contributed by atoms with E-state index in [9.17, 15) is 4.79 Å². The number of rotatable bonds is 5. The van der Waals surface area contributed by atoms with Gasteiger partial charge in [0.2, 0.25) is 0 Å². The highest BCUT2D eigenvalue weighted by Crippen LogP contribution is 2.11. The van der Waals surface area contributed by atoms with Crippen molar-refractivity contribution in [1.82, 2.24) is 5.32 Å². The fraction of sp³-hybridized carbons (Fsp3) is 0.364. The Hall–Kier alpha value is -1.55. The van der Waals surface area contributed by atoms with E-state index >= 15 is 0 Å². The minimum Gasteiger partial charge on any atom is -0.491 e. The maximum atomic E-state index is 10.7. The molecule has 4 heteroatoms. The molecule has 2 N–H and O–H groups in total. The van der Waals surface area contributed by atoms with Crippen molar-refractivity contribution in [3.05, 3.63) is 29.8 Å². The molecule has 82 valence electrons. The van der Waals surface area contributed by atoms with Gasteiger partial charge in [-0.3, -0.25) is 4.79 Å². The summed E-state index contributed by atoms with van der Waals surface area (Å²) in [6, 6.07) is 6.81. The Morgan fingerprint density at radius 1 is 1.47 bits per heavy atom. The second-order valence-corrected chi connectivity index (χ2v) is 3.30. The monoisotopic (exact) mass is 209 g/mol. The third-order valence-corrected chi connectivity index (χ3v) is 2.08. The van der Waals surface area contributed by atoms with Gasteiger partial charge in [0.25, 0.3) is 0 Å². The van der Waals surface area contributed by atoms with Crippen LogP contribution >= 0.6 is 0 Å². The number of aliphatic carboxylic acids is 1. The first-order valence-electron chi connectivity index (χ1n) is 4.73. The molecule has 0 aliphatic carbocycles. The molecular weight excluding hydrogens is 194 g/mol. The predicted octanol–water partition coefficient (Wildman–Crippen LogP) is 1.05. The van der Waals surface area contributed by atoms with E-state index < -0.39 is 12.0 Å². The number of aryl methyl sites for hydroxylation is 1. The van der Waals surface area contributed by atoms with Crippen LogP contribution in [0.25, 0.3) is 0 Å². The van der Waals surface area contributed by atoms with Gasteiger partial charge in [0.05, 0.1) is 0 Å². The summed E-state index contributed by atoms with van der Waals surface area (Å²) in [6.07, 6.45) is 0. The number of benzene rings is 1. The van der Waals surface area contributed by atoms with Crippen molar-refractivity contribution in [1.29, 1.82) is 0 Å². The van der Waals surface area contributed by atoms with Crippen LogP contribution < -0.4 is 10.1 Å². The minimum atomic E-state index is -0.912. The molecule has 0 bridgehead atoms. The molecule has 15 heavy (non-hydrogen) atoms. The van der Waals surface area contributed by atoms with Crippen LogP contribution in [0.15, 0.2) is 24.3 Å². The molecule has 0 aromatic heterocycles. The zero-order chi connectivity index (χ0) is 11.3. The topological polar surface area (TPSA) is 58.6 Å². The summed E-state index contributed by atoms with van der Waals surface area (Å²) in [7, 11) is 1.59. The number of likely N-dealkylation sites (N-methyl/N-ethyl adjacent to an activating group) is 1. The third kappa shape index (κ3) is 3.59. The largest absolute Gasteiger partial charge is 0.491 e. The Labute approximate surface area is 88.9 Å². The summed E-state index contributed by atoms with van der Waals surface area (Å²) in [4.78, 5) is 10.7. The standard InChI is InChI=1S/C11H15NO3/c1-8-3-5-9(6-4-8)15-7-10(12-2)11(13)14/h3-6,10,12H,7H2,1-2H3,(H,13,14). The van der Waals surface area contributed by atoms with Crippen molar-refractivity contribution in [3.8, 4) is 5.75 Å². The number of hydrogen-bond donors (Lipinski definition) is 2. The zero-order valence-corrected chi connectivity index (χ0v) is 8.86. The molecule has 0 spiro atoms. The van der Waals surface area contributed by atoms with Crippen molar-refractivity contribution < 1.29 is 14.6 Å². The minimum absolute atomic E-state index is 0.120. The molecule has 1 rings (SSSR count). The van der Waals surface area contributed by atoms with Crippen molar-refractivity contribution >= 4 is 5.97 Å². The maximum Gasteiger partial charge on any atom is 0.324 e. The van der Waals surface area contributed by atoms with E-state index in [0.29, 0.717) is 5.75 Å². The van der Waals surface area contributed by atoms with Crippen LogP contribution in [0.1, 0.15) is 5.56 Å². The SMILES string of the molecule is CNC(COc1ccc(C)cc1)C(=O)O. The number of carboxylic acids is 1. The van der Waals surface area contributed by atoms with Gasteiger partial charge in [-0.1, -0.05) is 17.7 Å². The summed E-state index contributed by atoms with van der Waals surface area (Å²) in [5.41, 5.74) is 1.14. The Morgan fingerprint density at radius 2 is 2.07 bits per heavy atom. The summed E-state index contributed by atoms with van der Waals surface area (Å²) in [5.74, 6) is -0.230. The van der Waals surface area contributed by atoms with Crippen molar-refractivity contribution in [3.63, 3.8) is 0 Å². The lowest BCUT2D eigenvalue weighted by Crippen LogP contribution is -2.39. The lowest BCUT2D eigenvalue weighted by molar-refractivity contribution is -0.140. The summed E-state index contributed by atoms with van der Waals surface area (Å²) < 4.78 is 5.33. The van der Waals surface area contributed by atoms with Gasteiger partial charge in [0.15, 0.2) is 0 Å². The molecule has 1 aromatic carbocycles. The summed E-state index contributed by atoms with van der Waals surface area (Å²) in [6.45, 7) is 2.10. The zero-order valence-electron chi connectivity index (χ0n) is 8.86. The predicted molar refractivity (Wildman–Crippen MR) is 57.2 cm³/mol. The average Bonchev–Trinajstić information content (AvgIpc) is 2.21. The molecule has 1 atom stereocenters. The van der Waals surface area contributed by atoms with E-state index in [-0.39, 0.29) is 6.61 Å². The molecule has 0 amide bonds. The van der Waals surface area contributed by atoms with E-state index in [2.05, 4.69) is 5.32 Å². The van der Waals surface area contributed by atoms with Crippen LogP contribution in [0.3, 0.4) is 0 Å². The third-order valence-electron chi connectivity index (χ3n) is 2.08. The average molecular weight is 209 g/mol. The van der Waals surface area contributed by atoms with Crippen LogP contribution in [-0.2, 0) is 4.79 Å². The van der Waals surface area contributed by atoms with Gasteiger partial charge in [-0.15, -0.1) is 0 Å². The molecule has 0 saturated heterocycles. The van der Waals surface area contributed by atoms with E-state index in [1.165, 1.54) is 0 Å². The number of ether oxygens (including phenoxy) is 1. The van der Waals surface area contributed by atoms with Crippen molar-refractivity contribution in [2.24, 2.45) is 0 Å². The first-order valence-corrected chi connectivity index (χ1v) is 4.73. The van der Waals surface area contributed by atoms with E-state index in [1.54, 1.807) is 7.05 Å². The Bertz CT molecular complexity index is 321. The summed E-state index contributed by atoms with van der Waals surface area (Å²) in [5, 5.41) is 11.4. The van der Waals surface area contributed by atoms with Gasteiger partial charge in [-0.05, 0) is 26.1 Å². The normalized spacial score (nSPS) is 12.1. The van der Waals surface area contributed by atoms with Crippen LogP contribution in [0.4, 0.5) is 0 Å². The second kappa shape index (κ2) is 5.36.